The molecule has 0 aliphatic rings. The summed E-state index contributed by atoms with van der Waals surface area (Å²) < 4.78 is 0. The van der Waals surface area contributed by atoms with Crippen LogP contribution < -0.4 is 5.32 Å². The number of hydrogen-bond acceptors (Lipinski definition) is 2. The Bertz CT molecular complexity index is 610. The van der Waals surface area contributed by atoms with Crippen molar-refractivity contribution in [2.75, 3.05) is 0 Å². The highest BCUT2D eigenvalue weighted by Gasteiger charge is 2.15. The quantitative estimate of drug-likeness (QED) is 0.875. The van der Waals surface area contributed by atoms with Crippen molar-refractivity contribution in [1.29, 1.82) is 0 Å². The van der Waals surface area contributed by atoms with E-state index in [-0.39, 0.29) is 17.2 Å². The van der Waals surface area contributed by atoms with Crippen molar-refractivity contribution in [3.05, 3.63) is 54.1 Å². The molecule has 2 N–H and O–H groups in total. The van der Waals surface area contributed by atoms with Gasteiger partial charge in [0.15, 0.2) is 0 Å². The normalized spacial score (nSPS) is 11.2. The third-order valence-electron chi connectivity index (χ3n) is 2.85. The lowest BCUT2D eigenvalue weighted by Crippen LogP contribution is -2.40. The van der Waals surface area contributed by atoms with Gasteiger partial charge in [0, 0.05) is 16.7 Å². The maximum Gasteiger partial charge on any atom is 0.251 e. The van der Waals surface area contributed by atoms with Crippen LogP contribution in [0.1, 0.15) is 31.1 Å². The van der Waals surface area contributed by atoms with Crippen molar-refractivity contribution < 1.29 is 9.90 Å². The number of amides is 1. The van der Waals surface area contributed by atoms with Gasteiger partial charge in [0.1, 0.15) is 5.75 Å². The molecule has 0 bridgehead atoms. The first-order chi connectivity index (χ1) is 9.37. The second-order valence-corrected chi connectivity index (χ2v) is 5.80. The topological polar surface area (TPSA) is 49.3 Å². The Labute approximate surface area is 119 Å². The van der Waals surface area contributed by atoms with Crippen molar-refractivity contribution in [2.24, 2.45) is 0 Å². The molecule has 0 aromatic heterocycles. The molecule has 0 fully saturated rings. The van der Waals surface area contributed by atoms with E-state index >= 15 is 0 Å². The number of benzene rings is 2. The SMILES string of the molecule is CC(C)(C)NC(=O)c1ccc(-c2ccccc2O)cc1. The number of carbonyl (C=O) groups is 1. The standard InChI is InChI=1S/C17H19NO2/c1-17(2,3)18-16(20)13-10-8-12(9-11-13)14-6-4-5-7-15(14)19/h4-11,19H,1-3H3,(H,18,20). The Morgan fingerprint density at radius 3 is 2.15 bits per heavy atom. The zero-order chi connectivity index (χ0) is 14.8. The van der Waals surface area contributed by atoms with E-state index in [1.165, 1.54) is 0 Å². The lowest BCUT2D eigenvalue weighted by Gasteiger charge is -2.20. The average Bonchev–Trinajstić information content (AvgIpc) is 2.37. The predicted octanol–water partition coefficient (Wildman–Crippen LogP) is 3.59. The number of aromatic hydroxyl groups is 1. The van der Waals surface area contributed by atoms with Crippen molar-refractivity contribution in [2.45, 2.75) is 26.3 Å². The molecule has 0 atom stereocenters. The summed E-state index contributed by atoms with van der Waals surface area (Å²) in [6, 6.07) is 14.4. The van der Waals surface area contributed by atoms with E-state index in [9.17, 15) is 9.90 Å². The number of hydrogen-bond donors (Lipinski definition) is 2. The van der Waals surface area contributed by atoms with Crippen molar-refractivity contribution in [3.63, 3.8) is 0 Å². The number of phenols is 1. The van der Waals surface area contributed by atoms with Gasteiger partial charge in [-0.1, -0.05) is 30.3 Å². The first-order valence-corrected chi connectivity index (χ1v) is 6.58. The Morgan fingerprint density at radius 1 is 1.00 bits per heavy atom. The van der Waals surface area contributed by atoms with Gasteiger partial charge in [-0.3, -0.25) is 4.79 Å². The largest absolute Gasteiger partial charge is 0.507 e. The highest BCUT2D eigenvalue weighted by atomic mass is 16.3. The minimum Gasteiger partial charge on any atom is -0.507 e. The number of nitrogens with one attached hydrogen (secondary N) is 1. The summed E-state index contributed by atoms with van der Waals surface area (Å²) in [5.74, 6) is 0.140. The van der Waals surface area contributed by atoms with E-state index in [1.807, 2.05) is 45.0 Å². The maximum atomic E-state index is 12.0. The molecular formula is C17H19NO2. The Hall–Kier alpha value is -2.29. The van der Waals surface area contributed by atoms with Gasteiger partial charge >= 0.3 is 0 Å². The highest BCUT2D eigenvalue weighted by molar-refractivity contribution is 5.95. The van der Waals surface area contributed by atoms with E-state index in [2.05, 4.69) is 5.32 Å². The number of phenolic OH excluding ortho intramolecular Hbond substituents is 1. The third kappa shape index (κ3) is 3.38. The van der Waals surface area contributed by atoms with Crippen molar-refractivity contribution in [3.8, 4) is 16.9 Å². The summed E-state index contributed by atoms with van der Waals surface area (Å²) in [5.41, 5.74) is 2.00. The van der Waals surface area contributed by atoms with Crippen LogP contribution in [0, 0.1) is 0 Å². The number of carbonyl (C=O) groups excluding carboxylic acids is 1. The molecule has 0 radical (unpaired) electrons. The highest BCUT2D eigenvalue weighted by Crippen LogP contribution is 2.28. The molecule has 1 amide bonds. The van der Waals surface area contributed by atoms with Crippen LogP contribution in [0.4, 0.5) is 0 Å². The molecule has 20 heavy (non-hydrogen) atoms. The van der Waals surface area contributed by atoms with Gasteiger partial charge in [0.2, 0.25) is 0 Å². The Morgan fingerprint density at radius 2 is 1.60 bits per heavy atom. The second-order valence-electron chi connectivity index (χ2n) is 5.80. The van der Waals surface area contributed by atoms with E-state index in [1.54, 1.807) is 24.3 Å². The molecule has 3 nitrogen and oxygen atoms in total. The van der Waals surface area contributed by atoms with Crippen LogP contribution in [0.15, 0.2) is 48.5 Å². The molecule has 0 aliphatic heterocycles. The summed E-state index contributed by atoms with van der Waals surface area (Å²) in [7, 11) is 0. The van der Waals surface area contributed by atoms with E-state index in [4.69, 9.17) is 0 Å². The summed E-state index contributed by atoms with van der Waals surface area (Å²) >= 11 is 0. The molecule has 104 valence electrons. The lowest BCUT2D eigenvalue weighted by molar-refractivity contribution is 0.0919. The monoisotopic (exact) mass is 269 g/mol. The van der Waals surface area contributed by atoms with E-state index < -0.39 is 0 Å². The molecule has 0 heterocycles. The molecule has 0 aliphatic carbocycles. The second kappa shape index (κ2) is 5.37. The van der Waals surface area contributed by atoms with Gasteiger partial charge in [0.05, 0.1) is 0 Å². The van der Waals surface area contributed by atoms with Gasteiger partial charge in [0.25, 0.3) is 5.91 Å². The molecule has 2 aromatic carbocycles. The molecular weight excluding hydrogens is 250 g/mol. The zero-order valence-electron chi connectivity index (χ0n) is 12.0. The van der Waals surface area contributed by atoms with Gasteiger partial charge in [-0.15, -0.1) is 0 Å². The Kier molecular flexibility index (Phi) is 3.79. The van der Waals surface area contributed by atoms with Crippen molar-refractivity contribution in [1.82, 2.24) is 5.32 Å². The first-order valence-electron chi connectivity index (χ1n) is 6.58. The van der Waals surface area contributed by atoms with E-state index in [0.717, 1.165) is 11.1 Å². The summed E-state index contributed by atoms with van der Waals surface area (Å²) in [6.45, 7) is 5.84. The molecule has 0 saturated carbocycles. The van der Waals surface area contributed by atoms with Crippen molar-refractivity contribution >= 4 is 5.91 Å². The zero-order valence-corrected chi connectivity index (χ0v) is 12.0. The molecule has 3 heteroatoms. The fourth-order valence-electron chi connectivity index (χ4n) is 1.93. The van der Waals surface area contributed by atoms with Gasteiger partial charge in [-0.05, 0) is 44.5 Å². The molecule has 2 aromatic rings. The summed E-state index contributed by atoms with van der Waals surface area (Å²) in [4.78, 5) is 12.0. The van der Waals surface area contributed by atoms with Crippen LogP contribution in [0.3, 0.4) is 0 Å². The molecule has 0 unspecified atom stereocenters. The fourth-order valence-corrected chi connectivity index (χ4v) is 1.93. The van der Waals surface area contributed by atoms with E-state index in [0.29, 0.717) is 5.56 Å². The number of rotatable bonds is 2. The van der Waals surface area contributed by atoms with Crippen LogP contribution in [-0.2, 0) is 0 Å². The maximum absolute atomic E-state index is 12.0. The van der Waals surface area contributed by atoms with Crippen LogP contribution in [0.5, 0.6) is 5.75 Å². The third-order valence-corrected chi connectivity index (χ3v) is 2.85. The molecule has 2 rings (SSSR count). The summed E-state index contributed by atoms with van der Waals surface area (Å²) in [5, 5.41) is 12.7. The minimum atomic E-state index is -0.256. The molecule has 0 spiro atoms. The van der Waals surface area contributed by atoms with Crippen LogP contribution in [0.25, 0.3) is 11.1 Å². The summed E-state index contributed by atoms with van der Waals surface area (Å²) in [6.07, 6.45) is 0. The van der Waals surface area contributed by atoms with Crippen LogP contribution in [-0.4, -0.2) is 16.6 Å². The average molecular weight is 269 g/mol. The minimum absolute atomic E-state index is 0.0960. The fraction of sp³-hybridized carbons (Fsp3) is 0.235. The predicted molar refractivity (Wildman–Crippen MR) is 80.8 cm³/mol. The lowest BCUT2D eigenvalue weighted by atomic mass is 10.0. The smallest absolute Gasteiger partial charge is 0.251 e. The Balaban J connectivity index is 2.23. The van der Waals surface area contributed by atoms with Crippen LogP contribution >= 0.6 is 0 Å². The number of para-hydroxylation sites is 1. The van der Waals surface area contributed by atoms with Crippen LogP contribution in [0.2, 0.25) is 0 Å². The van der Waals surface area contributed by atoms with Gasteiger partial charge < -0.3 is 10.4 Å². The van der Waals surface area contributed by atoms with Gasteiger partial charge in [-0.2, -0.15) is 0 Å². The van der Waals surface area contributed by atoms with Gasteiger partial charge in [-0.25, -0.2) is 0 Å². The first kappa shape index (κ1) is 14.1. The molecule has 0 saturated heterocycles.